The summed E-state index contributed by atoms with van der Waals surface area (Å²) in [4.78, 5) is 53.2. The summed E-state index contributed by atoms with van der Waals surface area (Å²) in [5.41, 5.74) is 4.29. The molecule has 0 saturated carbocycles. The normalized spacial score (nSPS) is 21.3. The molecule has 4 rings (SSSR count). The number of imide groups is 1. The molecule has 2 heterocycles. The Balaban J connectivity index is 1.59. The van der Waals surface area contributed by atoms with Crippen molar-refractivity contribution in [1.82, 2.24) is 20.4 Å². The van der Waals surface area contributed by atoms with Crippen LogP contribution in [0.15, 0.2) is 48.5 Å². The van der Waals surface area contributed by atoms with Gasteiger partial charge in [0, 0.05) is 33.0 Å². The molecular formula is C25H28N4O4. The largest absolute Gasteiger partial charge is 0.342 e. The van der Waals surface area contributed by atoms with Gasteiger partial charge in [-0.05, 0) is 35.6 Å². The number of nitrogens with one attached hydrogen (secondary N) is 2. The van der Waals surface area contributed by atoms with Crippen LogP contribution in [0.4, 0.5) is 4.79 Å². The predicted molar refractivity (Wildman–Crippen MR) is 123 cm³/mol. The first kappa shape index (κ1) is 22.5. The van der Waals surface area contributed by atoms with Crippen LogP contribution in [-0.4, -0.2) is 65.8 Å². The lowest BCUT2D eigenvalue weighted by Gasteiger charge is -2.40. The smallest absolute Gasteiger partial charge is 0.322 e. The topological polar surface area (TPSA) is 98.8 Å². The minimum absolute atomic E-state index is 0.0694. The average molecular weight is 449 g/mol. The molecule has 33 heavy (non-hydrogen) atoms. The Morgan fingerprint density at radius 2 is 1.85 bits per heavy atom. The van der Waals surface area contributed by atoms with Gasteiger partial charge in [0.1, 0.15) is 12.1 Å². The fourth-order valence-corrected chi connectivity index (χ4v) is 4.48. The number of carbonyl (C=O) groups excluding carboxylic acids is 4. The molecule has 2 aliphatic rings. The number of benzene rings is 2. The monoisotopic (exact) mass is 448 g/mol. The first-order chi connectivity index (χ1) is 15.8. The van der Waals surface area contributed by atoms with E-state index in [1.807, 2.05) is 30.3 Å². The number of carbonyl (C=O) groups is 4. The number of piperazine rings is 1. The molecule has 0 spiro atoms. The van der Waals surface area contributed by atoms with E-state index in [0.29, 0.717) is 19.5 Å². The molecule has 5 amide bonds. The molecule has 2 aromatic rings. The van der Waals surface area contributed by atoms with Gasteiger partial charge in [0.05, 0.1) is 0 Å². The van der Waals surface area contributed by atoms with Crippen LogP contribution < -0.4 is 10.6 Å². The zero-order valence-electron chi connectivity index (χ0n) is 18.8. The van der Waals surface area contributed by atoms with E-state index >= 15 is 0 Å². The molecule has 2 N–H and O–H groups in total. The van der Waals surface area contributed by atoms with E-state index in [1.54, 1.807) is 16.8 Å². The SMILES string of the molecule is Cc1ccccc1-c1cccc(CC2C(=O)N(C)CCN2C(=O)C2CCC(=O)NC(=O)N2)c1. The van der Waals surface area contributed by atoms with E-state index < -0.39 is 24.0 Å². The standard InChI is InChI=1S/C25H28N4O4/c1-16-6-3-4-9-19(16)18-8-5-7-17(14-18)15-21-24(32)28(2)12-13-29(21)23(31)20-10-11-22(30)27-25(33)26-20/h3-9,14,20-21H,10-13,15H2,1-2H3,(H2,26,27,30,33). The Morgan fingerprint density at radius 1 is 1.06 bits per heavy atom. The number of likely N-dealkylation sites (N-methyl/N-ethyl adjacent to an activating group) is 1. The van der Waals surface area contributed by atoms with Crippen LogP contribution in [0.2, 0.25) is 0 Å². The number of rotatable bonds is 4. The molecule has 0 radical (unpaired) electrons. The van der Waals surface area contributed by atoms with E-state index in [1.165, 1.54) is 0 Å². The third-order valence-corrected chi connectivity index (χ3v) is 6.33. The lowest BCUT2D eigenvalue weighted by molar-refractivity contribution is -0.151. The maximum atomic E-state index is 13.3. The van der Waals surface area contributed by atoms with Gasteiger partial charge in [0.15, 0.2) is 0 Å². The van der Waals surface area contributed by atoms with E-state index in [4.69, 9.17) is 0 Å². The van der Waals surface area contributed by atoms with Crippen molar-refractivity contribution in [1.29, 1.82) is 0 Å². The highest BCUT2D eigenvalue weighted by atomic mass is 16.2. The molecule has 0 aromatic heterocycles. The molecule has 8 heteroatoms. The molecule has 0 aliphatic carbocycles. The number of nitrogens with zero attached hydrogens (tertiary/aromatic N) is 2. The van der Waals surface area contributed by atoms with Crippen LogP contribution in [0.25, 0.3) is 11.1 Å². The quantitative estimate of drug-likeness (QED) is 0.746. The van der Waals surface area contributed by atoms with Crippen LogP contribution in [0.1, 0.15) is 24.0 Å². The van der Waals surface area contributed by atoms with Crippen molar-refractivity contribution in [2.75, 3.05) is 20.1 Å². The molecule has 2 saturated heterocycles. The summed E-state index contributed by atoms with van der Waals surface area (Å²) in [6, 6.07) is 13.9. The van der Waals surface area contributed by atoms with E-state index in [2.05, 4.69) is 35.8 Å². The second-order valence-corrected chi connectivity index (χ2v) is 8.64. The van der Waals surface area contributed by atoms with Gasteiger partial charge in [-0.2, -0.15) is 0 Å². The van der Waals surface area contributed by atoms with Crippen molar-refractivity contribution < 1.29 is 19.2 Å². The van der Waals surface area contributed by atoms with Crippen LogP contribution in [0.3, 0.4) is 0 Å². The first-order valence-corrected chi connectivity index (χ1v) is 11.1. The molecule has 2 fully saturated rings. The molecule has 2 aliphatic heterocycles. The Bertz CT molecular complexity index is 1100. The van der Waals surface area contributed by atoms with Gasteiger partial charge in [0.25, 0.3) is 0 Å². The minimum Gasteiger partial charge on any atom is -0.342 e. The van der Waals surface area contributed by atoms with Crippen molar-refractivity contribution in [3.05, 3.63) is 59.7 Å². The molecule has 2 unspecified atom stereocenters. The summed E-state index contributed by atoms with van der Waals surface area (Å²) in [5.74, 6) is -0.881. The zero-order chi connectivity index (χ0) is 23.5. The average Bonchev–Trinajstić information content (AvgIpc) is 2.97. The van der Waals surface area contributed by atoms with Crippen molar-refractivity contribution >= 4 is 23.8 Å². The van der Waals surface area contributed by atoms with Gasteiger partial charge in [-0.3, -0.25) is 19.7 Å². The number of hydrogen-bond acceptors (Lipinski definition) is 4. The summed E-state index contributed by atoms with van der Waals surface area (Å²) < 4.78 is 0. The fraction of sp³-hybridized carbons (Fsp3) is 0.360. The van der Waals surface area contributed by atoms with Gasteiger partial charge in [-0.25, -0.2) is 4.79 Å². The summed E-state index contributed by atoms with van der Waals surface area (Å²) in [5, 5.41) is 4.75. The van der Waals surface area contributed by atoms with Crippen molar-refractivity contribution in [3.63, 3.8) is 0 Å². The molecule has 2 aromatic carbocycles. The van der Waals surface area contributed by atoms with Crippen LogP contribution >= 0.6 is 0 Å². The summed E-state index contributed by atoms with van der Waals surface area (Å²) in [6.45, 7) is 2.85. The molecule has 2 atom stereocenters. The highest BCUT2D eigenvalue weighted by Gasteiger charge is 2.39. The summed E-state index contributed by atoms with van der Waals surface area (Å²) in [7, 11) is 1.73. The number of amides is 5. The van der Waals surface area contributed by atoms with Crippen LogP contribution in [-0.2, 0) is 20.8 Å². The Labute approximate surface area is 192 Å². The third-order valence-electron chi connectivity index (χ3n) is 6.33. The van der Waals surface area contributed by atoms with Gasteiger partial charge in [0.2, 0.25) is 17.7 Å². The van der Waals surface area contributed by atoms with Gasteiger partial charge in [-0.1, -0.05) is 48.5 Å². The molecule has 0 bridgehead atoms. The Morgan fingerprint density at radius 3 is 2.64 bits per heavy atom. The number of aryl methyl sites for hydroxylation is 1. The van der Waals surface area contributed by atoms with Crippen LogP contribution in [0.5, 0.6) is 0 Å². The minimum atomic E-state index is -0.839. The van der Waals surface area contributed by atoms with Crippen LogP contribution in [0, 0.1) is 6.92 Å². The van der Waals surface area contributed by atoms with E-state index in [9.17, 15) is 19.2 Å². The predicted octanol–water partition coefficient (Wildman–Crippen LogP) is 1.86. The van der Waals surface area contributed by atoms with E-state index in [0.717, 1.165) is 22.3 Å². The van der Waals surface area contributed by atoms with Crippen molar-refractivity contribution in [2.24, 2.45) is 0 Å². The second kappa shape index (κ2) is 9.44. The van der Waals surface area contributed by atoms with Gasteiger partial charge in [-0.15, -0.1) is 0 Å². The number of hydrogen-bond donors (Lipinski definition) is 2. The maximum Gasteiger partial charge on any atom is 0.322 e. The van der Waals surface area contributed by atoms with Crippen molar-refractivity contribution in [2.45, 2.75) is 38.3 Å². The highest BCUT2D eigenvalue weighted by Crippen LogP contribution is 2.26. The second-order valence-electron chi connectivity index (χ2n) is 8.64. The molecule has 8 nitrogen and oxygen atoms in total. The van der Waals surface area contributed by atoms with Gasteiger partial charge >= 0.3 is 6.03 Å². The number of urea groups is 1. The summed E-state index contributed by atoms with van der Waals surface area (Å²) in [6.07, 6.45) is 0.638. The first-order valence-electron chi connectivity index (χ1n) is 11.1. The Kier molecular flexibility index (Phi) is 6.44. The summed E-state index contributed by atoms with van der Waals surface area (Å²) >= 11 is 0. The molecule has 172 valence electrons. The maximum absolute atomic E-state index is 13.3. The third kappa shape index (κ3) is 4.89. The lowest BCUT2D eigenvalue weighted by atomic mass is 9.95. The van der Waals surface area contributed by atoms with Gasteiger partial charge < -0.3 is 15.1 Å². The van der Waals surface area contributed by atoms with Crippen molar-refractivity contribution in [3.8, 4) is 11.1 Å². The highest BCUT2D eigenvalue weighted by molar-refractivity contribution is 5.99. The molecular weight excluding hydrogens is 420 g/mol. The Hall–Kier alpha value is -3.68. The van der Waals surface area contributed by atoms with E-state index in [-0.39, 0.29) is 24.7 Å². The zero-order valence-corrected chi connectivity index (χ0v) is 18.8. The lowest BCUT2D eigenvalue weighted by Crippen LogP contribution is -2.62. The fourth-order valence-electron chi connectivity index (χ4n) is 4.48.